The molecule has 7 heteroatoms. The summed E-state index contributed by atoms with van der Waals surface area (Å²) in [5, 5.41) is 20.8. The molecule has 0 fully saturated rings. The summed E-state index contributed by atoms with van der Waals surface area (Å²) >= 11 is 0. The van der Waals surface area contributed by atoms with Gasteiger partial charge in [0.1, 0.15) is 0 Å². The molecule has 1 amide bonds. The van der Waals surface area contributed by atoms with Crippen LogP contribution in [0.2, 0.25) is 0 Å². The molecule has 0 spiro atoms. The van der Waals surface area contributed by atoms with Crippen LogP contribution in [0.1, 0.15) is 15.9 Å². The molecule has 1 aromatic heterocycles. The minimum absolute atomic E-state index is 0.0122. The van der Waals surface area contributed by atoms with Crippen LogP contribution in [-0.4, -0.2) is 26.1 Å². The highest BCUT2D eigenvalue weighted by molar-refractivity contribution is 5.93. The molecule has 7 nitrogen and oxygen atoms in total. The second-order valence-corrected chi connectivity index (χ2v) is 4.02. The monoisotopic (exact) mass is 273 g/mol. The SMILES string of the molecule is O=C(c1ccc([N+](=O)[O-])cc1)N(O)Cc1ccncc1. The number of benzene rings is 1. The van der Waals surface area contributed by atoms with Crippen LogP contribution in [0.15, 0.2) is 48.8 Å². The smallest absolute Gasteiger partial charge is 0.277 e. The molecule has 0 aliphatic rings. The third kappa shape index (κ3) is 3.15. The van der Waals surface area contributed by atoms with Gasteiger partial charge in [0, 0.05) is 30.1 Å². The third-order valence-electron chi connectivity index (χ3n) is 2.64. The molecule has 1 N–H and O–H groups in total. The zero-order valence-electron chi connectivity index (χ0n) is 10.3. The Labute approximate surface area is 114 Å². The summed E-state index contributed by atoms with van der Waals surface area (Å²) in [6.07, 6.45) is 3.11. The van der Waals surface area contributed by atoms with E-state index in [2.05, 4.69) is 4.98 Å². The van der Waals surface area contributed by atoms with E-state index >= 15 is 0 Å². The number of hydrogen-bond acceptors (Lipinski definition) is 5. The molecule has 0 saturated carbocycles. The zero-order chi connectivity index (χ0) is 14.5. The topological polar surface area (TPSA) is 96.6 Å². The van der Waals surface area contributed by atoms with E-state index in [1.54, 1.807) is 24.5 Å². The average molecular weight is 273 g/mol. The molecule has 0 aliphatic carbocycles. The summed E-state index contributed by atoms with van der Waals surface area (Å²) in [6.45, 7) is 0.0122. The lowest BCUT2D eigenvalue weighted by atomic mass is 10.2. The highest BCUT2D eigenvalue weighted by Crippen LogP contribution is 2.14. The summed E-state index contributed by atoms with van der Waals surface area (Å²) in [5.41, 5.74) is 0.782. The number of non-ortho nitro benzene ring substituents is 1. The molecule has 102 valence electrons. The molecular weight excluding hydrogens is 262 g/mol. The average Bonchev–Trinajstić information content (AvgIpc) is 2.47. The van der Waals surface area contributed by atoms with E-state index in [9.17, 15) is 20.1 Å². The van der Waals surface area contributed by atoms with Crippen molar-refractivity contribution in [1.82, 2.24) is 10.0 Å². The number of pyridine rings is 1. The molecule has 1 aromatic carbocycles. The first kappa shape index (κ1) is 13.6. The minimum Gasteiger partial charge on any atom is -0.285 e. The predicted octanol–water partition coefficient (Wildman–Crippen LogP) is 2.02. The van der Waals surface area contributed by atoms with E-state index in [-0.39, 0.29) is 17.8 Å². The maximum absolute atomic E-state index is 11.9. The molecule has 0 bridgehead atoms. The number of rotatable bonds is 4. The standard InChI is InChI=1S/C13H11N3O4/c17-13(11-1-3-12(4-2-11)16(19)20)15(18)9-10-5-7-14-8-6-10/h1-8,18H,9H2. The number of hydroxylamine groups is 2. The Kier molecular flexibility index (Phi) is 4.02. The van der Waals surface area contributed by atoms with Gasteiger partial charge >= 0.3 is 0 Å². The fourth-order valence-electron chi connectivity index (χ4n) is 1.61. The number of hydrogen-bond donors (Lipinski definition) is 1. The van der Waals surface area contributed by atoms with Crippen molar-refractivity contribution in [3.63, 3.8) is 0 Å². The van der Waals surface area contributed by atoms with Crippen LogP contribution < -0.4 is 0 Å². The normalized spacial score (nSPS) is 10.1. The lowest BCUT2D eigenvalue weighted by Crippen LogP contribution is -2.26. The van der Waals surface area contributed by atoms with Crippen molar-refractivity contribution in [2.24, 2.45) is 0 Å². The van der Waals surface area contributed by atoms with Crippen LogP contribution in [0, 0.1) is 10.1 Å². The van der Waals surface area contributed by atoms with E-state index in [1.165, 1.54) is 24.3 Å². The quantitative estimate of drug-likeness (QED) is 0.522. The second-order valence-electron chi connectivity index (χ2n) is 4.02. The van der Waals surface area contributed by atoms with Crippen LogP contribution in [0.25, 0.3) is 0 Å². The summed E-state index contributed by atoms with van der Waals surface area (Å²) in [7, 11) is 0. The third-order valence-corrected chi connectivity index (χ3v) is 2.64. The highest BCUT2D eigenvalue weighted by Gasteiger charge is 2.15. The minimum atomic E-state index is -0.628. The Morgan fingerprint density at radius 2 is 1.80 bits per heavy atom. The molecule has 20 heavy (non-hydrogen) atoms. The highest BCUT2D eigenvalue weighted by atomic mass is 16.6. The Morgan fingerprint density at radius 1 is 1.20 bits per heavy atom. The van der Waals surface area contributed by atoms with Crippen molar-refractivity contribution in [3.8, 4) is 0 Å². The van der Waals surface area contributed by atoms with Gasteiger partial charge in [0.05, 0.1) is 11.5 Å². The molecule has 0 radical (unpaired) electrons. The van der Waals surface area contributed by atoms with Gasteiger partial charge in [0.2, 0.25) is 0 Å². The van der Waals surface area contributed by atoms with Gasteiger partial charge in [-0.15, -0.1) is 0 Å². The summed E-state index contributed by atoms with van der Waals surface area (Å²) in [5.74, 6) is -0.628. The molecule has 0 aliphatic heterocycles. The van der Waals surface area contributed by atoms with Crippen LogP contribution in [0.3, 0.4) is 0 Å². The first-order chi connectivity index (χ1) is 9.58. The Balaban J connectivity index is 2.08. The van der Waals surface area contributed by atoms with Crippen LogP contribution in [0.5, 0.6) is 0 Å². The van der Waals surface area contributed by atoms with Crippen molar-refractivity contribution in [1.29, 1.82) is 0 Å². The maximum atomic E-state index is 11.9. The van der Waals surface area contributed by atoms with Crippen molar-refractivity contribution in [2.45, 2.75) is 6.54 Å². The van der Waals surface area contributed by atoms with Gasteiger partial charge in [-0.1, -0.05) is 0 Å². The second kappa shape index (κ2) is 5.89. The van der Waals surface area contributed by atoms with E-state index in [1.807, 2.05) is 0 Å². The Hall–Kier alpha value is -2.80. The van der Waals surface area contributed by atoms with Crippen molar-refractivity contribution in [3.05, 3.63) is 70.0 Å². The van der Waals surface area contributed by atoms with Crippen molar-refractivity contribution < 1.29 is 14.9 Å². The van der Waals surface area contributed by atoms with Crippen LogP contribution in [0.4, 0.5) is 5.69 Å². The molecular formula is C13H11N3O4. The van der Waals surface area contributed by atoms with Gasteiger partial charge in [-0.2, -0.15) is 0 Å². The first-order valence-electron chi connectivity index (χ1n) is 5.72. The Bertz CT molecular complexity index is 613. The lowest BCUT2D eigenvalue weighted by Gasteiger charge is -2.14. The lowest BCUT2D eigenvalue weighted by molar-refractivity contribution is -0.384. The maximum Gasteiger partial charge on any atom is 0.277 e. The first-order valence-corrected chi connectivity index (χ1v) is 5.72. The predicted molar refractivity (Wildman–Crippen MR) is 69.0 cm³/mol. The number of nitro groups is 1. The number of amides is 1. The fourth-order valence-corrected chi connectivity index (χ4v) is 1.61. The van der Waals surface area contributed by atoms with Crippen molar-refractivity contribution >= 4 is 11.6 Å². The number of aromatic nitrogens is 1. The Morgan fingerprint density at radius 3 is 2.35 bits per heavy atom. The van der Waals surface area contributed by atoms with E-state index < -0.39 is 10.8 Å². The van der Waals surface area contributed by atoms with Gasteiger partial charge in [-0.3, -0.25) is 25.1 Å². The molecule has 2 rings (SSSR count). The zero-order valence-corrected chi connectivity index (χ0v) is 10.3. The largest absolute Gasteiger partial charge is 0.285 e. The summed E-state index contributed by atoms with van der Waals surface area (Å²) in [6, 6.07) is 8.38. The molecule has 0 saturated heterocycles. The molecule has 0 unspecified atom stereocenters. The fraction of sp³-hybridized carbons (Fsp3) is 0.0769. The van der Waals surface area contributed by atoms with Gasteiger partial charge in [-0.05, 0) is 29.8 Å². The van der Waals surface area contributed by atoms with E-state index in [0.717, 1.165) is 5.56 Å². The molecule has 0 atom stereocenters. The summed E-state index contributed by atoms with van der Waals surface area (Å²) < 4.78 is 0. The van der Waals surface area contributed by atoms with Crippen LogP contribution in [-0.2, 0) is 6.54 Å². The van der Waals surface area contributed by atoms with Gasteiger partial charge in [0.15, 0.2) is 0 Å². The van der Waals surface area contributed by atoms with Crippen LogP contribution >= 0.6 is 0 Å². The van der Waals surface area contributed by atoms with Crippen molar-refractivity contribution in [2.75, 3.05) is 0 Å². The van der Waals surface area contributed by atoms with Gasteiger partial charge in [-0.25, -0.2) is 5.06 Å². The number of nitro benzene ring substituents is 1. The van der Waals surface area contributed by atoms with E-state index in [4.69, 9.17) is 0 Å². The molecule has 2 aromatic rings. The number of carbonyl (C=O) groups excluding carboxylic acids is 1. The molecule has 1 heterocycles. The van der Waals surface area contributed by atoms with Gasteiger partial charge < -0.3 is 0 Å². The van der Waals surface area contributed by atoms with Gasteiger partial charge in [0.25, 0.3) is 11.6 Å². The number of nitrogens with zero attached hydrogens (tertiary/aromatic N) is 3. The summed E-state index contributed by atoms with van der Waals surface area (Å²) in [4.78, 5) is 25.7. The van der Waals surface area contributed by atoms with E-state index in [0.29, 0.717) is 5.06 Å². The number of carbonyl (C=O) groups is 1.